The van der Waals surface area contributed by atoms with Crippen LogP contribution in [0.15, 0.2) is 41.2 Å². The first kappa shape index (κ1) is 17.9. The molecule has 2 atom stereocenters. The Morgan fingerprint density at radius 2 is 2.00 bits per heavy atom. The molecule has 2 aromatic rings. The van der Waals surface area contributed by atoms with Crippen LogP contribution in [0.1, 0.15) is 40.5 Å². The molecular formula is C20H24N4O3. The topological polar surface area (TPSA) is 85.2 Å². The molecule has 2 aliphatic rings. The smallest absolute Gasteiger partial charge is 0.272 e. The third-order valence-electron chi connectivity index (χ3n) is 5.91. The Balaban J connectivity index is 1.70. The zero-order valence-corrected chi connectivity index (χ0v) is 15.6. The third-order valence-corrected chi connectivity index (χ3v) is 5.91. The maximum absolute atomic E-state index is 12.8. The molecule has 27 heavy (non-hydrogen) atoms. The number of benzene rings is 1. The molecule has 4 rings (SSSR count). The number of rotatable bonds is 3. The van der Waals surface area contributed by atoms with Crippen molar-refractivity contribution in [3.8, 4) is 0 Å². The van der Waals surface area contributed by atoms with E-state index in [1.165, 1.54) is 29.4 Å². The number of nitrogens with zero attached hydrogens (tertiary/aromatic N) is 2. The van der Waals surface area contributed by atoms with Crippen LogP contribution in [0.2, 0.25) is 0 Å². The molecule has 1 aliphatic carbocycles. The summed E-state index contributed by atoms with van der Waals surface area (Å²) in [4.78, 5) is 24.4. The lowest BCUT2D eigenvalue weighted by Gasteiger charge is -2.40. The van der Waals surface area contributed by atoms with Crippen molar-refractivity contribution < 1.29 is 9.53 Å². The van der Waals surface area contributed by atoms with E-state index >= 15 is 0 Å². The first-order chi connectivity index (χ1) is 13.1. The molecule has 1 spiro atoms. The summed E-state index contributed by atoms with van der Waals surface area (Å²) in [6.07, 6.45) is 1.79. The van der Waals surface area contributed by atoms with Crippen molar-refractivity contribution in [2.45, 2.75) is 30.4 Å². The number of fused-ring (bicyclic) bond motifs is 2. The maximum Gasteiger partial charge on any atom is 0.272 e. The van der Waals surface area contributed by atoms with E-state index in [0.29, 0.717) is 0 Å². The summed E-state index contributed by atoms with van der Waals surface area (Å²) in [6, 6.07) is 10.8. The number of carbonyl (C=O) groups excluding carboxylic acids is 1. The summed E-state index contributed by atoms with van der Waals surface area (Å²) in [7, 11) is 3.25. The zero-order chi connectivity index (χ0) is 19.0. The number of ether oxygens (including phenoxy) is 1. The Morgan fingerprint density at radius 3 is 2.70 bits per heavy atom. The largest absolute Gasteiger partial charge is 0.378 e. The highest BCUT2D eigenvalue weighted by Gasteiger charge is 2.53. The van der Waals surface area contributed by atoms with Crippen LogP contribution in [0.5, 0.6) is 0 Å². The first-order valence-corrected chi connectivity index (χ1v) is 9.25. The minimum Gasteiger partial charge on any atom is -0.378 e. The molecule has 1 saturated heterocycles. The second kappa shape index (κ2) is 6.90. The van der Waals surface area contributed by atoms with Gasteiger partial charge in [-0.25, -0.2) is 4.68 Å². The molecule has 0 bridgehead atoms. The quantitative estimate of drug-likeness (QED) is 0.841. The monoisotopic (exact) mass is 368 g/mol. The van der Waals surface area contributed by atoms with E-state index in [1.807, 2.05) is 12.1 Å². The van der Waals surface area contributed by atoms with E-state index in [2.05, 4.69) is 27.9 Å². The van der Waals surface area contributed by atoms with Gasteiger partial charge in [-0.3, -0.25) is 9.59 Å². The summed E-state index contributed by atoms with van der Waals surface area (Å²) in [5.41, 5.74) is 2.23. The lowest BCUT2D eigenvalue weighted by atomic mass is 9.72. The van der Waals surface area contributed by atoms with Gasteiger partial charge in [-0.05, 0) is 43.1 Å². The van der Waals surface area contributed by atoms with E-state index in [4.69, 9.17) is 4.74 Å². The van der Waals surface area contributed by atoms with Crippen LogP contribution in [0.25, 0.3) is 0 Å². The maximum atomic E-state index is 12.8. The molecule has 1 fully saturated rings. The van der Waals surface area contributed by atoms with Gasteiger partial charge < -0.3 is 15.4 Å². The van der Waals surface area contributed by atoms with E-state index in [-0.39, 0.29) is 34.7 Å². The summed E-state index contributed by atoms with van der Waals surface area (Å²) in [6.45, 7) is 1.86. The number of hydrogen-bond donors (Lipinski definition) is 2. The molecular weight excluding hydrogens is 344 g/mol. The van der Waals surface area contributed by atoms with Crippen LogP contribution in [-0.2, 0) is 17.2 Å². The lowest BCUT2D eigenvalue weighted by molar-refractivity contribution is 0.00390. The Hall–Kier alpha value is -2.51. The number of aromatic nitrogens is 2. The van der Waals surface area contributed by atoms with Gasteiger partial charge in [0.2, 0.25) is 0 Å². The molecule has 1 aromatic carbocycles. The van der Waals surface area contributed by atoms with Crippen molar-refractivity contribution >= 4 is 5.91 Å². The van der Waals surface area contributed by atoms with Crippen LogP contribution in [0.4, 0.5) is 0 Å². The van der Waals surface area contributed by atoms with Gasteiger partial charge >= 0.3 is 0 Å². The van der Waals surface area contributed by atoms with Gasteiger partial charge in [-0.15, -0.1) is 0 Å². The van der Waals surface area contributed by atoms with Crippen molar-refractivity contribution in [1.29, 1.82) is 0 Å². The molecule has 1 aliphatic heterocycles. The van der Waals surface area contributed by atoms with Gasteiger partial charge in [0, 0.05) is 25.6 Å². The van der Waals surface area contributed by atoms with Crippen LogP contribution < -0.4 is 16.2 Å². The fourth-order valence-electron chi connectivity index (χ4n) is 4.64. The second-order valence-electron chi connectivity index (χ2n) is 7.28. The third kappa shape index (κ3) is 2.87. The first-order valence-electron chi connectivity index (χ1n) is 9.25. The molecule has 0 radical (unpaired) electrons. The highest BCUT2D eigenvalue weighted by molar-refractivity contribution is 5.92. The standard InChI is InChI=1S/C20H24N4O3/c1-24-16(25)8-7-15(23-24)19(26)22-17-13-5-3-4-6-14(13)20(18(17)27-2)9-11-21-12-10-20/h3-8,17-18,21H,9-12H2,1-2H3,(H,22,26)/t17-,18+/m0/s1. The predicted octanol–water partition coefficient (Wildman–Crippen LogP) is 0.901. The van der Waals surface area contributed by atoms with E-state index in [9.17, 15) is 9.59 Å². The molecule has 0 saturated carbocycles. The predicted molar refractivity (Wildman–Crippen MR) is 101 cm³/mol. The van der Waals surface area contributed by atoms with Crippen LogP contribution >= 0.6 is 0 Å². The molecule has 1 amide bonds. The number of piperidine rings is 1. The number of hydrogen-bond acceptors (Lipinski definition) is 5. The number of methoxy groups -OCH3 is 1. The number of amides is 1. The highest BCUT2D eigenvalue weighted by Crippen LogP contribution is 2.51. The van der Waals surface area contributed by atoms with Gasteiger partial charge in [0.15, 0.2) is 0 Å². The van der Waals surface area contributed by atoms with Crippen LogP contribution in [0, 0.1) is 0 Å². The minimum absolute atomic E-state index is 0.106. The van der Waals surface area contributed by atoms with Crippen molar-refractivity contribution in [2.75, 3.05) is 20.2 Å². The Kier molecular flexibility index (Phi) is 4.57. The molecule has 2 heterocycles. The van der Waals surface area contributed by atoms with Crippen molar-refractivity contribution in [3.05, 3.63) is 63.6 Å². The van der Waals surface area contributed by atoms with Crippen molar-refractivity contribution in [1.82, 2.24) is 20.4 Å². The van der Waals surface area contributed by atoms with E-state index < -0.39 is 0 Å². The molecule has 7 nitrogen and oxygen atoms in total. The van der Waals surface area contributed by atoms with Gasteiger partial charge in [0.05, 0.1) is 12.1 Å². The second-order valence-corrected chi connectivity index (χ2v) is 7.28. The fourth-order valence-corrected chi connectivity index (χ4v) is 4.64. The minimum atomic E-state index is -0.307. The molecule has 142 valence electrons. The van der Waals surface area contributed by atoms with E-state index in [1.54, 1.807) is 7.11 Å². The van der Waals surface area contributed by atoms with Crippen LogP contribution in [-0.4, -0.2) is 42.0 Å². The Labute approximate surface area is 157 Å². The molecule has 1 aromatic heterocycles. The molecule has 7 heteroatoms. The average molecular weight is 368 g/mol. The summed E-state index contributed by atoms with van der Waals surface area (Å²) >= 11 is 0. The van der Waals surface area contributed by atoms with Crippen molar-refractivity contribution in [2.24, 2.45) is 7.05 Å². The summed E-state index contributed by atoms with van der Waals surface area (Å²) < 4.78 is 7.13. The lowest BCUT2D eigenvalue weighted by Crippen LogP contribution is -2.49. The average Bonchev–Trinajstić information content (AvgIpc) is 2.93. The van der Waals surface area contributed by atoms with Crippen LogP contribution in [0.3, 0.4) is 0 Å². The zero-order valence-electron chi connectivity index (χ0n) is 15.6. The van der Waals surface area contributed by atoms with E-state index in [0.717, 1.165) is 31.5 Å². The van der Waals surface area contributed by atoms with Gasteiger partial charge in [0.25, 0.3) is 11.5 Å². The van der Waals surface area contributed by atoms with Gasteiger partial charge in [-0.1, -0.05) is 24.3 Å². The van der Waals surface area contributed by atoms with Gasteiger partial charge in [0.1, 0.15) is 5.69 Å². The molecule has 0 unspecified atom stereocenters. The fraction of sp³-hybridized carbons (Fsp3) is 0.450. The number of carbonyl (C=O) groups is 1. The normalized spacial score (nSPS) is 23.2. The summed E-state index contributed by atoms with van der Waals surface area (Å²) in [5, 5.41) is 10.6. The number of aryl methyl sites for hydroxylation is 1. The van der Waals surface area contributed by atoms with Gasteiger partial charge in [-0.2, -0.15) is 5.10 Å². The highest BCUT2D eigenvalue weighted by atomic mass is 16.5. The van der Waals surface area contributed by atoms with Crippen molar-refractivity contribution in [3.63, 3.8) is 0 Å². The number of nitrogens with one attached hydrogen (secondary N) is 2. The Bertz CT molecular complexity index is 917. The summed E-state index contributed by atoms with van der Waals surface area (Å²) in [5.74, 6) is -0.307. The Morgan fingerprint density at radius 1 is 1.26 bits per heavy atom. The molecule has 2 N–H and O–H groups in total. The SMILES string of the molecule is CO[C@@H]1[C@@H](NC(=O)c2ccc(=O)n(C)n2)c2ccccc2C12CCNCC2.